The lowest BCUT2D eigenvalue weighted by Gasteiger charge is -2.25. The minimum atomic E-state index is -3.47. The van der Waals surface area contributed by atoms with E-state index in [0.717, 1.165) is 34.7 Å². The summed E-state index contributed by atoms with van der Waals surface area (Å²) in [6.07, 6.45) is 2.98. The van der Waals surface area contributed by atoms with Gasteiger partial charge in [0.1, 0.15) is 0 Å². The smallest absolute Gasteiger partial charge is 0.243 e. The summed E-state index contributed by atoms with van der Waals surface area (Å²) < 4.78 is 27.8. The number of thiazole rings is 1. The van der Waals surface area contributed by atoms with Crippen molar-refractivity contribution in [2.45, 2.75) is 41.7 Å². The number of piperidine rings is 1. The SMILES string of the molecule is Cc1nc(NC(=O)Cc2ccc(S(=O)(=O)N3CCCCC3)cc2)sc1SCC#N. The summed E-state index contributed by atoms with van der Waals surface area (Å²) in [5.74, 6) is 0.116. The number of aryl methyl sites for hydroxylation is 1. The first-order valence-corrected chi connectivity index (χ1v) is 12.5. The van der Waals surface area contributed by atoms with Gasteiger partial charge < -0.3 is 5.32 Å². The number of carbonyl (C=O) groups excluding carboxylic acids is 1. The highest BCUT2D eigenvalue weighted by Gasteiger charge is 2.25. The Bertz CT molecular complexity index is 1000. The molecule has 2 heterocycles. The van der Waals surface area contributed by atoms with E-state index in [-0.39, 0.29) is 17.2 Å². The van der Waals surface area contributed by atoms with E-state index in [1.807, 2.05) is 6.92 Å². The second-order valence-electron chi connectivity index (χ2n) is 6.67. The summed E-state index contributed by atoms with van der Waals surface area (Å²) in [4.78, 5) is 16.9. The number of hydrogen-bond acceptors (Lipinski definition) is 7. The van der Waals surface area contributed by atoms with Crippen LogP contribution in [0.25, 0.3) is 0 Å². The van der Waals surface area contributed by atoms with Gasteiger partial charge in [0.05, 0.1) is 33.0 Å². The Kier molecular flexibility index (Phi) is 7.29. The van der Waals surface area contributed by atoms with Gasteiger partial charge in [-0.25, -0.2) is 13.4 Å². The Morgan fingerprint density at radius 3 is 2.62 bits per heavy atom. The third kappa shape index (κ3) is 5.57. The van der Waals surface area contributed by atoms with E-state index in [9.17, 15) is 13.2 Å². The Morgan fingerprint density at radius 1 is 1.28 bits per heavy atom. The number of anilines is 1. The molecule has 1 aromatic carbocycles. The number of nitrogens with zero attached hydrogens (tertiary/aromatic N) is 3. The van der Waals surface area contributed by atoms with Crippen molar-refractivity contribution in [1.29, 1.82) is 5.26 Å². The molecule has 29 heavy (non-hydrogen) atoms. The molecule has 2 aromatic rings. The first-order chi connectivity index (χ1) is 13.9. The molecule has 1 saturated heterocycles. The van der Waals surface area contributed by atoms with Gasteiger partial charge in [-0.1, -0.05) is 41.7 Å². The monoisotopic (exact) mass is 450 g/mol. The minimum absolute atomic E-state index is 0.128. The summed E-state index contributed by atoms with van der Waals surface area (Å²) in [5.41, 5.74) is 1.52. The van der Waals surface area contributed by atoms with Gasteiger partial charge in [0.25, 0.3) is 0 Å². The van der Waals surface area contributed by atoms with Crippen LogP contribution in [0.4, 0.5) is 5.13 Å². The predicted molar refractivity (Wildman–Crippen MR) is 115 cm³/mol. The van der Waals surface area contributed by atoms with Gasteiger partial charge >= 0.3 is 0 Å². The number of carbonyl (C=O) groups is 1. The fraction of sp³-hybridized carbons (Fsp3) is 0.421. The Morgan fingerprint density at radius 2 is 1.97 bits per heavy atom. The van der Waals surface area contributed by atoms with Crippen molar-refractivity contribution >= 4 is 44.2 Å². The van der Waals surface area contributed by atoms with Crippen LogP contribution in [-0.2, 0) is 21.2 Å². The molecule has 3 rings (SSSR count). The molecular formula is C19H22N4O3S3. The molecule has 0 saturated carbocycles. The van der Waals surface area contributed by atoms with Crippen molar-refractivity contribution in [3.63, 3.8) is 0 Å². The van der Waals surface area contributed by atoms with E-state index < -0.39 is 10.0 Å². The number of benzene rings is 1. The van der Waals surface area contributed by atoms with Crippen molar-refractivity contribution < 1.29 is 13.2 Å². The maximum absolute atomic E-state index is 12.7. The Balaban J connectivity index is 1.61. The second-order valence-corrected chi connectivity index (χ2v) is 10.9. The Labute approximate surface area is 179 Å². The molecule has 0 atom stereocenters. The minimum Gasteiger partial charge on any atom is -0.302 e. The van der Waals surface area contributed by atoms with Crippen molar-refractivity contribution in [2.75, 3.05) is 24.2 Å². The molecule has 1 fully saturated rings. The molecule has 1 amide bonds. The number of thioether (sulfide) groups is 1. The van der Waals surface area contributed by atoms with Crippen LogP contribution in [0.1, 0.15) is 30.5 Å². The zero-order valence-electron chi connectivity index (χ0n) is 16.1. The molecular weight excluding hydrogens is 428 g/mol. The third-order valence-electron chi connectivity index (χ3n) is 4.51. The van der Waals surface area contributed by atoms with E-state index in [1.54, 1.807) is 24.3 Å². The van der Waals surface area contributed by atoms with Crippen LogP contribution in [0.15, 0.2) is 33.4 Å². The fourth-order valence-electron chi connectivity index (χ4n) is 3.05. The molecule has 0 bridgehead atoms. The molecule has 1 N–H and O–H groups in total. The normalized spacial score (nSPS) is 15.0. The van der Waals surface area contributed by atoms with Gasteiger partial charge in [-0.3, -0.25) is 4.79 Å². The zero-order valence-corrected chi connectivity index (χ0v) is 18.5. The predicted octanol–water partition coefficient (Wildman–Crippen LogP) is 3.42. The molecule has 1 aliphatic heterocycles. The van der Waals surface area contributed by atoms with Gasteiger partial charge in [0.2, 0.25) is 15.9 Å². The maximum atomic E-state index is 12.7. The highest BCUT2D eigenvalue weighted by Crippen LogP contribution is 2.31. The number of rotatable bonds is 7. The van der Waals surface area contributed by atoms with E-state index in [1.165, 1.54) is 27.4 Å². The molecule has 7 nitrogen and oxygen atoms in total. The lowest BCUT2D eigenvalue weighted by molar-refractivity contribution is -0.115. The van der Waals surface area contributed by atoms with Crippen molar-refractivity contribution in [3.8, 4) is 6.07 Å². The van der Waals surface area contributed by atoms with Gasteiger partial charge in [-0.2, -0.15) is 9.57 Å². The topological polar surface area (TPSA) is 103 Å². The lowest BCUT2D eigenvalue weighted by atomic mass is 10.1. The van der Waals surface area contributed by atoms with Crippen molar-refractivity contribution in [1.82, 2.24) is 9.29 Å². The summed E-state index contributed by atoms with van der Waals surface area (Å²) in [6, 6.07) is 8.56. The van der Waals surface area contributed by atoms with Crippen LogP contribution in [0.2, 0.25) is 0 Å². The fourth-order valence-corrected chi connectivity index (χ4v) is 6.38. The highest BCUT2D eigenvalue weighted by atomic mass is 32.2. The van der Waals surface area contributed by atoms with Gasteiger partial charge in [-0.05, 0) is 37.5 Å². The Hall–Kier alpha value is -1.93. The van der Waals surface area contributed by atoms with Gasteiger partial charge in [0, 0.05) is 13.1 Å². The average Bonchev–Trinajstić information content (AvgIpc) is 3.06. The molecule has 1 aromatic heterocycles. The van der Waals surface area contributed by atoms with Crippen molar-refractivity contribution in [3.05, 3.63) is 35.5 Å². The zero-order chi connectivity index (χ0) is 20.9. The molecule has 0 radical (unpaired) electrons. The maximum Gasteiger partial charge on any atom is 0.243 e. The molecule has 154 valence electrons. The van der Waals surface area contributed by atoms with Crippen molar-refractivity contribution in [2.24, 2.45) is 0 Å². The first kappa shape index (κ1) is 21.8. The third-order valence-corrected chi connectivity index (χ3v) is 8.72. The lowest BCUT2D eigenvalue weighted by Crippen LogP contribution is -2.35. The van der Waals surface area contributed by atoms with Gasteiger partial charge in [-0.15, -0.1) is 0 Å². The number of nitriles is 1. The van der Waals surface area contributed by atoms with Crippen LogP contribution in [-0.4, -0.2) is 42.5 Å². The number of amides is 1. The van der Waals surface area contributed by atoms with E-state index in [2.05, 4.69) is 16.4 Å². The quantitative estimate of drug-likeness (QED) is 0.648. The summed E-state index contributed by atoms with van der Waals surface area (Å²) in [5, 5.41) is 11.9. The molecule has 10 heteroatoms. The van der Waals surface area contributed by atoms with Crippen LogP contribution >= 0.6 is 23.1 Å². The molecule has 0 unspecified atom stereocenters. The largest absolute Gasteiger partial charge is 0.302 e. The number of aromatic nitrogens is 1. The molecule has 0 spiro atoms. The molecule has 0 aliphatic carbocycles. The van der Waals surface area contributed by atoms with E-state index >= 15 is 0 Å². The highest BCUT2D eigenvalue weighted by molar-refractivity contribution is 8.01. The number of hydrogen-bond donors (Lipinski definition) is 1. The van der Waals surface area contributed by atoms with Crippen LogP contribution in [0.3, 0.4) is 0 Å². The first-order valence-electron chi connectivity index (χ1n) is 9.26. The van der Waals surface area contributed by atoms with Gasteiger partial charge in [0.15, 0.2) is 5.13 Å². The van der Waals surface area contributed by atoms with Crippen LogP contribution < -0.4 is 5.32 Å². The summed E-state index contributed by atoms with van der Waals surface area (Å²) >= 11 is 2.74. The van der Waals surface area contributed by atoms with E-state index in [4.69, 9.17) is 5.26 Å². The average molecular weight is 451 g/mol. The number of nitrogens with one attached hydrogen (secondary N) is 1. The molecule has 1 aliphatic rings. The number of sulfonamides is 1. The second kappa shape index (κ2) is 9.71. The van der Waals surface area contributed by atoms with Crippen LogP contribution in [0.5, 0.6) is 0 Å². The van der Waals surface area contributed by atoms with E-state index in [0.29, 0.717) is 24.0 Å². The standard InChI is InChI=1S/C19H22N4O3S3/c1-14-18(27-12-9-20)28-19(21-14)22-17(24)13-15-5-7-16(8-6-15)29(25,26)23-10-3-2-4-11-23/h5-8H,2-4,10-13H2,1H3,(H,21,22,24). The van der Waals surface area contributed by atoms with Crippen LogP contribution in [0, 0.1) is 18.3 Å². The summed E-state index contributed by atoms with van der Waals surface area (Å²) in [7, 11) is -3.47. The summed E-state index contributed by atoms with van der Waals surface area (Å²) in [6.45, 7) is 2.97.